The average molecular weight is 221 g/mol. The van der Waals surface area contributed by atoms with Crippen molar-refractivity contribution in [3.05, 3.63) is 0 Å². The molecular formula is C10H23NO2S. The van der Waals surface area contributed by atoms with Crippen LogP contribution in [0.2, 0.25) is 0 Å². The van der Waals surface area contributed by atoms with E-state index in [1.807, 2.05) is 7.05 Å². The zero-order valence-corrected chi connectivity index (χ0v) is 10.6. The third-order valence-electron chi connectivity index (χ3n) is 2.58. The second kappa shape index (κ2) is 5.71. The summed E-state index contributed by atoms with van der Waals surface area (Å²) in [4.78, 5) is 0. The largest absolute Gasteiger partial charge is 0.320 e. The smallest absolute Gasteiger partial charge is 0.150 e. The molecule has 0 atom stereocenters. The Morgan fingerprint density at radius 1 is 1.21 bits per heavy atom. The van der Waals surface area contributed by atoms with Crippen LogP contribution in [0.3, 0.4) is 0 Å². The number of sulfone groups is 1. The fraction of sp³-hybridized carbons (Fsp3) is 1.00. The molecule has 1 N–H and O–H groups in total. The maximum Gasteiger partial charge on any atom is 0.150 e. The highest BCUT2D eigenvalue weighted by atomic mass is 32.2. The van der Waals surface area contributed by atoms with E-state index in [1.54, 1.807) is 6.92 Å². The lowest BCUT2D eigenvalue weighted by atomic mass is 9.86. The molecule has 4 heteroatoms. The van der Waals surface area contributed by atoms with Crippen LogP contribution in [0.4, 0.5) is 0 Å². The highest BCUT2D eigenvalue weighted by molar-refractivity contribution is 7.91. The molecule has 3 nitrogen and oxygen atoms in total. The minimum absolute atomic E-state index is 0.116. The van der Waals surface area contributed by atoms with Crippen LogP contribution in [0.5, 0.6) is 0 Å². The molecule has 0 saturated carbocycles. The molecule has 0 aromatic carbocycles. The summed E-state index contributed by atoms with van der Waals surface area (Å²) in [6.45, 7) is 6.89. The van der Waals surface area contributed by atoms with Crippen molar-refractivity contribution in [3.63, 3.8) is 0 Å². The molecule has 0 spiro atoms. The zero-order chi connectivity index (χ0) is 11.2. The van der Waals surface area contributed by atoms with Crippen LogP contribution in [-0.2, 0) is 9.84 Å². The van der Waals surface area contributed by atoms with Crippen LogP contribution in [-0.4, -0.2) is 33.5 Å². The van der Waals surface area contributed by atoms with E-state index in [4.69, 9.17) is 0 Å². The predicted molar refractivity (Wildman–Crippen MR) is 61.3 cm³/mol. The number of hydrogen-bond donors (Lipinski definition) is 1. The Hall–Kier alpha value is -0.0900. The van der Waals surface area contributed by atoms with E-state index in [0.29, 0.717) is 5.75 Å². The van der Waals surface area contributed by atoms with Gasteiger partial charge in [0.15, 0.2) is 0 Å². The van der Waals surface area contributed by atoms with Crippen LogP contribution < -0.4 is 5.32 Å². The van der Waals surface area contributed by atoms with E-state index in [1.165, 1.54) is 0 Å². The van der Waals surface area contributed by atoms with Crippen LogP contribution >= 0.6 is 0 Å². The van der Waals surface area contributed by atoms with Crippen molar-refractivity contribution in [2.24, 2.45) is 5.41 Å². The summed E-state index contributed by atoms with van der Waals surface area (Å²) in [5.41, 5.74) is 0.116. The van der Waals surface area contributed by atoms with E-state index in [2.05, 4.69) is 19.2 Å². The van der Waals surface area contributed by atoms with Crippen molar-refractivity contribution in [2.75, 3.05) is 25.1 Å². The van der Waals surface area contributed by atoms with Crippen LogP contribution in [0.1, 0.15) is 33.6 Å². The topological polar surface area (TPSA) is 46.2 Å². The van der Waals surface area contributed by atoms with Gasteiger partial charge in [0.05, 0.1) is 5.75 Å². The summed E-state index contributed by atoms with van der Waals surface area (Å²) in [5.74, 6) is 0.579. The Morgan fingerprint density at radius 2 is 1.79 bits per heavy atom. The van der Waals surface area contributed by atoms with Crippen LogP contribution in [0.15, 0.2) is 0 Å². The monoisotopic (exact) mass is 221 g/mol. The predicted octanol–water partition coefficient (Wildman–Crippen LogP) is 1.45. The number of nitrogens with one attached hydrogen (secondary N) is 1. The molecule has 0 aliphatic heterocycles. The summed E-state index contributed by atoms with van der Waals surface area (Å²) in [6, 6.07) is 0. The summed E-state index contributed by atoms with van der Waals surface area (Å²) < 4.78 is 22.6. The van der Waals surface area contributed by atoms with Crippen molar-refractivity contribution in [2.45, 2.75) is 33.6 Å². The van der Waals surface area contributed by atoms with Gasteiger partial charge in [-0.2, -0.15) is 0 Å². The van der Waals surface area contributed by atoms with Gasteiger partial charge in [0.25, 0.3) is 0 Å². The van der Waals surface area contributed by atoms with Gasteiger partial charge < -0.3 is 5.32 Å². The molecule has 0 aromatic heterocycles. The molecule has 0 rings (SSSR count). The van der Waals surface area contributed by atoms with Gasteiger partial charge in [-0.25, -0.2) is 8.42 Å². The van der Waals surface area contributed by atoms with E-state index in [9.17, 15) is 8.42 Å². The minimum atomic E-state index is -2.80. The summed E-state index contributed by atoms with van der Waals surface area (Å²) in [6.07, 6.45) is 1.77. The Balaban J connectivity index is 3.98. The SMILES string of the molecule is CCS(=O)(=O)CCC(C)(C)CCNC. The van der Waals surface area contributed by atoms with E-state index in [-0.39, 0.29) is 11.2 Å². The van der Waals surface area contributed by atoms with E-state index < -0.39 is 9.84 Å². The molecule has 0 radical (unpaired) electrons. The van der Waals surface area contributed by atoms with Crippen molar-refractivity contribution in [3.8, 4) is 0 Å². The third-order valence-corrected chi connectivity index (χ3v) is 4.29. The quantitative estimate of drug-likeness (QED) is 0.708. The highest BCUT2D eigenvalue weighted by Gasteiger charge is 2.20. The van der Waals surface area contributed by atoms with E-state index in [0.717, 1.165) is 19.4 Å². The van der Waals surface area contributed by atoms with Gasteiger partial charge >= 0.3 is 0 Å². The lowest BCUT2D eigenvalue weighted by Crippen LogP contribution is -2.23. The molecule has 0 saturated heterocycles. The van der Waals surface area contributed by atoms with Crippen LogP contribution in [0, 0.1) is 5.41 Å². The van der Waals surface area contributed by atoms with Crippen molar-refractivity contribution < 1.29 is 8.42 Å². The van der Waals surface area contributed by atoms with Crippen molar-refractivity contribution in [1.82, 2.24) is 5.32 Å². The minimum Gasteiger partial charge on any atom is -0.320 e. The molecule has 0 aliphatic rings. The average Bonchev–Trinajstić information content (AvgIpc) is 2.12. The Kier molecular flexibility index (Phi) is 5.67. The first-order valence-electron chi connectivity index (χ1n) is 5.18. The first-order chi connectivity index (χ1) is 6.33. The van der Waals surface area contributed by atoms with E-state index >= 15 is 0 Å². The Labute approximate surface area is 88.2 Å². The Bertz CT molecular complexity index is 245. The molecule has 0 heterocycles. The molecule has 0 fully saturated rings. The Morgan fingerprint density at radius 3 is 2.21 bits per heavy atom. The van der Waals surface area contributed by atoms with Gasteiger partial charge in [-0.15, -0.1) is 0 Å². The van der Waals surface area contributed by atoms with Gasteiger partial charge in [0.1, 0.15) is 9.84 Å². The number of rotatable bonds is 7. The molecular weight excluding hydrogens is 198 g/mol. The fourth-order valence-corrected chi connectivity index (χ4v) is 2.32. The normalized spacial score (nSPS) is 13.1. The lowest BCUT2D eigenvalue weighted by Gasteiger charge is -2.24. The van der Waals surface area contributed by atoms with Gasteiger partial charge in [-0.3, -0.25) is 0 Å². The van der Waals surface area contributed by atoms with Crippen molar-refractivity contribution in [1.29, 1.82) is 0 Å². The van der Waals surface area contributed by atoms with Crippen molar-refractivity contribution >= 4 is 9.84 Å². The molecule has 86 valence electrons. The first kappa shape index (κ1) is 13.9. The summed E-state index contributed by atoms with van der Waals surface area (Å²) in [5, 5.41) is 3.09. The summed E-state index contributed by atoms with van der Waals surface area (Å²) >= 11 is 0. The molecule has 14 heavy (non-hydrogen) atoms. The maximum atomic E-state index is 11.3. The van der Waals surface area contributed by atoms with Gasteiger partial charge in [0, 0.05) is 5.75 Å². The van der Waals surface area contributed by atoms with Gasteiger partial charge in [-0.05, 0) is 31.8 Å². The molecule has 0 unspecified atom stereocenters. The molecule has 0 amide bonds. The standard InChI is InChI=1S/C10H23NO2S/c1-5-14(12,13)9-7-10(2,3)6-8-11-4/h11H,5-9H2,1-4H3. The van der Waals surface area contributed by atoms with Gasteiger partial charge in [-0.1, -0.05) is 20.8 Å². The highest BCUT2D eigenvalue weighted by Crippen LogP contribution is 2.25. The second-order valence-corrected chi connectivity index (χ2v) is 6.98. The molecule has 0 aromatic rings. The molecule has 0 aliphatic carbocycles. The second-order valence-electron chi connectivity index (χ2n) is 4.50. The maximum absolute atomic E-state index is 11.3. The lowest BCUT2D eigenvalue weighted by molar-refractivity contribution is 0.320. The fourth-order valence-electron chi connectivity index (χ4n) is 1.16. The first-order valence-corrected chi connectivity index (χ1v) is 7.00. The zero-order valence-electron chi connectivity index (χ0n) is 9.76. The van der Waals surface area contributed by atoms with Gasteiger partial charge in [0.2, 0.25) is 0 Å². The third kappa shape index (κ3) is 6.38. The summed E-state index contributed by atoms with van der Waals surface area (Å²) in [7, 11) is -0.883. The molecule has 0 bridgehead atoms. The number of hydrogen-bond acceptors (Lipinski definition) is 3. The van der Waals surface area contributed by atoms with Crippen LogP contribution in [0.25, 0.3) is 0 Å².